The zero-order valence-corrected chi connectivity index (χ0v) is 16.0. The van der Waals surface area contributed by atoms with E-state index in [1.54, 1.807) is 0 Å². The van der Waals surface area contributed by atoms with Gasteiger partial charge in [0.25, 0.3) is 10.0 Å². The van der Waals surface area contributed by atoms with Gasteiger partial charge in [0, 0.05) is 25.8 Å². The van der Waals surface area contributed by atoms with Crippen LogP contribution in [0.4, 0.5) is 0 Å². The summed E-state index contributed by atoms with van der Waals surface area (Å²) >= 11 is 0. The molecule has 144 valence electrons. The second-order valence-electron chi connectivity index (χ2n) is 5.64. The molecule has 1 aromatic rings. The fourth-order valence-corrected chi connectivity index (χ4v) is 4.04. The summed E-state index contributed by atoms with van der Waals surface area (Å²) in [6.07, 6.45) is 2.08. The summed E-state index contributed by atoms with van der Waals surface area (Å²) in [4.78, 5) is 11.6. The van der Waals surface area contributed by atoms with Crippen molar-refractivity contribution in [1.29, 1.82) is 0 Å². The van der Waals surface area contributed by atoms with Crippen molar-refractivity contribution >= 4 is 28.4 Å². The van der Waals surface area contributed by atoms with Crippen molar-refractivity contribution in [2.75, 3.05) is 33.4 Å². The highest BCUT2D eigenvalue weighted by Gasteiger charge is 2.33. The van der Waals surface area contributed by atoms with Gasteiger partial charge in [0.2, 0.25) is 5.09 Å². The predicted molar refractivity (Wildman–Crippen MR) is 93.4 cm³/mol. The van der Waals surface area contributed by atoms with E-state index < -0.39 is 16.0 Å². The average molecular weight is 397 g/mol. The summed E-state index contributed by atoms with van der Waals surface area (Å²) in [7, 11) is -2.54. The van der Waals surface area contributed by atoms with Crippen molar-refractivity contribution in [3.8, 4) is 0 Å². The molecule has 2 rings (SSSR count). The van der Waals surface area contributed by atoms with Gasteiger partial charge < -0.3 is 19.6 Å². The van der Waals surface area contributed by atoms with E-state index in [0.29, 0.717) is 39.1 Å². The summed E-state index contributed by atoms with van der Waals surface area (Å²) in [6.45, 7) is 3.40. The van der Waals surface area contributed by atoms with Gasteiger partial charge in [0.05, 0.1) is 13.2 Å². The van der Waals surface area contributed by atoms with E-state index in [-0.39, 0.29) is 34.9 Å². The molecule has 1 aliphatic heterocycles. The molecule has 2 heterocycles. The molecule has 0 bridgehead atoms. The zero-order chi connectivity index (χ0) is 17.7. The van der Waals surface area contributed by atoms with Crippen LogP contribution in [0.2, 0.25) is 0 Å². The molecule has 2 N–H and O–H groups in total. The van der Waals surface area contributed by atoms with Crippen LogP contribution < -0.4 is 5.73 Å². The normalized spacial score (nSPS) is 16.4. The van der Waals surface area contributed by atoms with Crippen LogP contribution in [-0.4, -0.2) is 58.1 Å². The van der Waals surface area contributed by atoms with Crippen LogP contribution in [0.3, 0.4) is 0 Å². The Kier molecular flexibility index (Phi) is 8.36. The van der Waals surface area contributed by atoms with Crippen LogP contribution >= 0.6 is 12.4 Å². The number of esters is 1. The number of piperidine rings is 1. The van der Waals surface area contributed by atoms with Gasteiger partial charge in [-0.1, -0.05) is 0 Å². The second kappa shape index (κ2) is 9.54. The lowest BCUT2D eigenvalue weighted by Gasteiger charge is -2.30. The largest absolute Gasteiger partial charge is 0.465 e. The maximum atomic E-state index is 12.7. The second-order valence-corrected chi connectivity index (χ2v) is 7.51. The molecule has 10 heteroatoms. The smallest absolute Gasteiger partial charge is 0.341 e. The Morgan fingerprint density at radius 1 is 1.40 bits per heavy atom. The van der Waals surface area contributed by atoms with Crippen molar-refractivity contribution < 1.29 is 27.1 Å². The Bertz CT molecular complexity index is 668. The number of hydrogen-bond acceptors (Lipinski definition) is 7. The maximum Gasteiger partial charge on any atom is 0.341 e. The molecular formula is C15H25ClN2O6S. The van der Waals surface area contributed by atoms with Crippen molar-refractivity contribution in [2.45, 2.75) is 37.4 Å². The molecule has 1 fully saturated rings. The standard InChI is InChI=1S/C15H24N2O6S.ClH/c1-11-13(15(18)21-2)10-14(23-11)24(19,20)17-7-4-12(5-8-17)22-9-3-6-16;/h10,12H,3-9,16H2,1-2H3;1H. The van der Waals surface area contributed by atoms with Gasteiger partial charge in [0.1, 0.15) is 11.3 Å². The number of carbonyl (C=O) groups excluding carboxylic acids is 1. The summed E-state index contributed by atoms with van der Waals surface area (Å²) in [6, 6.07) is 1.22. The highest BCUT2D eigenvalue weighted by atomic mass is 35.5. The molecule has 0 atom stereocenters. The molecule has 0 aliphatic carbocycles. The Morgan fingerprint density at radius 2 is 2.04 bits per heavy atom. The van der Waals surface area contributed by atoms with Crippen LogP contribution in [0.5, 0.6) is 0 Å². The average Bonchev–Trinajstić information content (AvgIpc) is 2.97. The molecule has 0 aromatic carbocycles. The first-order valence-corrected chi connectivity index (χ1v) is 9.34. The highest BCUT2D eigenvalue weighted by Crippen LogP contribution is 2.26. The lowest BCUT2D eigenvalue weighted by atomic mass is 10.1. The lowest BCUT2D eigenvalue weighted by Crippen LogP contribution is -2.40. The minimum atomic E-state index is -3.77. The summed E-state index contributed by atoms with van der Waals surface area (Å²) in [5, 5.41) is -0.233. The Morgan fingerprint density at radius 3 is 2.60 bits per heavy atom. The molecule has 1 saturated heterocycles. The molecule has 0 unspecified atom stereocenters. The van der Waals surface area contributed by atoms with Crippen molar-refractivity contribution in [3.63, 3.8) is 0 Å². The molecule has 0 radical (unpaired) electrons. The topological polar surface area (TPSA) is 112 Å². The van der Waals surface area contributed by atoms with Gasteiger partial charge in [-0.3, -0.25) is 0 Å². The number of halogens is 1. The fourth-order valence-electron chi connectivity index (χ4n) is 2.59. The van der Waals surface area contributed by atoms with Gasteiger partial charge in [0.15, 0.2) is 0 Å². The predicted octanol–water partition coefficient (Wildman–Crippen LogP) is 1.31. The third-order valence-corrected chi connectivity index (χ3v) is 5.75. The van der Waals surface area contributed by atoms with Crippen LogP contribution in [0.1, 0.15) is 35.4 Å². The Labute approximate surface area is 154 Å². The molecule has 0 amide bonds. The number of furan rings is 1. The minimum Gasteiger partial charge on any atom is -0.465 e. The maximum absolute atomic E-state index is 12.7. The number of sulfonamides is 1. The summed E-state index contributed by atoms with van der Waals surface area (Å²) in [5.74, 6) is -0.398. The number of hydrogen-bond donors (Lipinski definition) is 1. The van der Waals surface area contributed by atoms with Crippen LogP contribution in [-0.2, 0) is 19.5 Å². The van der Waals surface area contributed by atoms with E-state index >= 15 is 0 Å². The van der Waals surface area contributed by atoms with Crippen molar-refractivity contribution in [3.05, 3.63) is 17.4 Å². The van der Waals surface area contributed by atoms with E-state index in [2.05, 4.69) is 4.74 Å². The quantitative estimate of drug-likeness (QED) is 0.546. The van der Waals surface area contributed by atoms with E-state index in [1.807, 2.05) is 0 Å². The van der Waals surface area contributed by atoms with Crippen molar-refractivity contribution in [1.82, 2.24) is 4.31 Å². The fraction of sp³-hybridized carbons (Fsp3) is 0.667. The van der Waals surface area contributed by atoms with Crippen molar-refractivity contribution in [2.24, 2.45) is 5.73 Å². The van der Waals surface area contributed by atoms with Crippen LogP contribution in [0.15, 0.2) is 15.6 Å². The first-order valence-electron chi connectivity index (χ1n) is 7.90. The number of methoxy groups -OCH3 is 1. The minimum absolute atomic E-state index is 0. The monoisotopic (exact) mass is 396 g/mol. The number of aryl methyl sites for hydroxylation is 1. The molecule has 25 heavy (non-hydrogen) atoms. The molecular weight excluding hydrogens is 372 g/mol. The number of carbonyl (C=O) groups is 1. The number of nitrogens with two attached hydrogens (primary N) is 1. The lowest BCUT2D eigenvalue weighted by molar-refractivity contribution is 0.0207. The SMILES string of the molecule is COC(=O)c1cc(S(=O)(=O)N2CCC(OCCCN)CC2)oc1C.Cl. The van der Waals surface area contributed by atoms with Gasteiger partial charge >= 0.3 is 5.97 Å². The van der Waals surface area contributed by atoms with Gasteiger partial charge in [-0.15, -0.1) is 12.4 Å². The molecule has 1 aliphatic rings. The number of nitrogens with zero attached hydrogens (tertiary/aromatic N) is 1. The number of ether oxygens (including phenoxy) is 2. The van der Waals surface area contributed by atoms with E-state index in [0.717, 1.165) is 6.42 Å². The van der Waals surface area contributed by atoms with Gasteiger partial charge in [-0.25, -0.2) is 13.2 Å². The molecule has 0 spiro atoms. The van der Waals surface area contributed by atoms with E-state index in [9.17, 15) is 13.2 Å². The number of rotatable bonds is 7. The van der Waals surface area contributed by atoms with Crippen LogP contribution in [0, 0.1) is 6.92 Å². The third kappa shape index (κ3) is 5.18. The van der Waals surface area contributed by atoms with Crippen LogP contribution in [0.25, 0.3) is 0 Å². The van der Waals surface area contributed by atoms with Gasteiger partial charge in [-0.05, 0) is 32.7 Å². The first-order chi connectivity index (χ1) is 11.4. The Balaban J connectivity index is 0.00000312. The Hall–Kier alpha value is -1.13. The highest BCUT2D eigenvalue weighted by molar-refractivity contribution is 7.89. The molecule has 1 aromatic heterocycles. The summed E-state index contributed by atoms with van der Waals surface area (Å²) in [5.41, 5.74) is 5.54. The molecule has 0 saturated carbocycles. The van der Waals surface area contributed by atoms with Gasteiger partial charge in [-0.2, -0.15) is 4.31 Å². The zero-order valence-electron chi connectivity index (χ0n) is 14.4. The van der Waals surface area contributed by atoms with E-state index in [1.165, 1.54) is 24.4 Å². The first kappa shape index (κ1) is 21.9. The van der Waals surface area contributed by atoms with E-state index in [4.69, 9.17) is 14.9 Å². The summed E-state index contributed by atoms with van der Waals surface area (Å²) < 4.78 is 42.2. The third-order valence-electron chi connectivity index (χ3n) is 4.00. The molecule has 8 nitrogen and oxygen atoms in total.